The Morgan fingerprint density at radius 1 is 0.630 bits per heavy atom. The van der Waals surface area contributed by atoms with Crippen molar-refractivity contribution in [2.75, 3.05) is 0 Å². The van der Waals surface area contributed by atoms with Crippen LogP contribution in [-0.2, 0) is 7.05 Å². The maximum Gasteiger partial charge on any atom is 0.164 e. The fraction of sp³-hybridized carbons (Fsp3) is 0.167. The highest BCUT2D eigenvalue weighted by atomic mass is 15.3. The minimum absolute atomic E-state index is 0.897. The van der Waals surface area contributed by atoms with E-state index in [9.17, 15) is 0 Å². The van der Waals surface area contributed by atoms with Crippen molar-refractivity contribution in [3.05, 3.63) is 83.4 Å². The van der Waals surface area contributed by atoms with Gasteiger partial charge in [-0.05, 0) is 48.6 Å². The van der Waals surface area contributed by atoms with E-state index in [-0.39, 0.29) is 0 Å². The van der Waals surface area contributed by atoms with Gasteiger partial charge in [0.05, 0.1) is 0 Å². The number of nitrogens with zero attached hydrogens (tertiary/aromatic N) is 3. The molecule has 134 valence electrons. The predicted molar refractivity (Wildman–Crippen MR) is 112 cm³/mol. The van der Waals surface area contributed by atoms with Crippen molar-refractivity contribution in [2.45, 2.75) is 20.8 Å². The van der Waals surface area contributed by atoms with Crippen molar-refractivity contribution < 1.29 is 0 Å². The summed E-state index contributed by atoms with van der Waals surface area (Å²) in [7, 11) is 2.04. The third-order valence-corrected chi connectivity index (χ3v) is 5.12. The van der Waals surface area contributed by atoms with Gasteiger partial charge in [-0.3, -0.25) is 0 Å². The Bertz CT molecular complexity index is 1080. The van der Waals surface area contributed by atoms with E-state index in [1.165, 1.54) is 27.8 Å². The molecule has 0 aliphatic carbocycles. The van der Waals surface area contributed by atoms with Crippen molar-refractivity contribution in [1.29, 1.82) is 0 Å². The molecule has 0 saturated carbocycles. The highest BCUT2D eigenvalue weighted by Gasteiger charge is 2.17. The van der Waals surface area contributed by atoms with Crippen LogP contribution in [0.2, 0.25) is 0 Å². The Balaban J connectivity index is 1.82. The van der Waals surface area contributed by atoms with Gasteiger partial charge in [-0.25, -0.2) is 0 Å². The largest absolute Gasteiger partial charge is 0.310 e. The average molecular weight is 353 g/mol. The summed E-state index contributed by atoms with van der Waals surface area (Å²) in [6.07, 6.45) is 0. The van der Waals surface area contributed by atoms with Crippen molar-refractivity contribution in [2.24, 2.45) is 7.05 Å². The summed E-state index contributed by atoms with van der Waals surface area (Å²) in [5.41, 5.74) is 8.36. The molecule has 0 atom stereocenters. The van der Waals surface area contributed by atoms with E-state index in [4.69, 9.17) is 0 Å². The summed E-state index contributed by atoms with van der Waals surface area (Å²) in [4.78, 5) is 0. The Hall–Kier alpha value is -3.20. The minimum Gasteiger partial charge on any atom is -0.310 e. The second-order valence-corrected chi connectivity index (χ2v) is 7.07. The van der Waals surface area contributed by atoms with Crippen LogP contribution < -0.4 is 0 Å². The molecule has 3 nitrogen and oxygen atoms in total. The lowest BCUT2D eigenvalue weighted by Crippen LogP contribution is -2.00. The van der Waals surface area contributed by atoms with E-state index in [1.54, 1.807) is 0 Å². The predicted octanol–water partition coefficient (Wildman–Crippen LogP) is 5.74. The lowest BCUT2D eigenvalue weighted by atomic mass is 9.95. The van der Waals surface area contributed by atoms with E-state index in [0.717, 1.165) is 22.8 Å². The van der Waals surface area contributed by atoms with Crippen LogP contribution in [0.1, 0.15) is 16.7 Å². The van der Waals surface area contributed by atoms with Gasteiger partial charge in [0, 0.05) is 18.2 Å². The number of rotatable bonds is 3. The second-order valence-electron chi connectivity index (χ2n) is 7.07. The van der Waals surface area contributed by atoms with Gasteiger partial charge in [0.15, 0.2) is 11.6 Å². The van der Waals surface area contributed by atoms with Crippen molar-refractivity contribution in [1.82, 2.24) is 14.8 Å². The molecular formula is C24H23N3. The molecule has 4 aromatic rings. The third kappa shape index (κ3) is 3.06. The molecular weight excluding hydrogens is 330 g/mol. The molecule has 0 spiro atoms. The maximum absolute atomic E-state index is 4.54. The van der Waals surface area contributed by atoms with Crippen LogP contribution in [0, 0.1) is 20.8 Å². The normalized spacial score (nSPS) is 11.0. The van der Waals surface area contributed by atoms with Crippen molar-refractivity contribution in [3.63, 3.8) is 0 Å². The minimum atomic E-state index is 0.897. The molecule has 0 unspecified atom stereocenters. The fourth-order valence-corrected chi connectivity index (χ4v) is 3.72. The quantitative estimate of drug-likeness (QED) is 0.470. The number of aryl methyl sites for hydroxylation is 3. The molecule has 0 bridgehead atoms. The number of aromatic nitrogens is 3. The van der Waals surface area contributed by atoms with E-state index < -0.39 is 0 Å². The molecule has 3 heteroatoms. The van der Waals surface area contributed by atoms with Crippen LogP contribution in [0.15, 0.2) is 66.7 Å². The highest BCUT2D eigenvalue weighted by molar-refractivity contribution is 5.75. The molecule has 0 radical (unpaired) electrons. The number of benzene rings is 3. The maximum atomic E-state index is 4.54. The summed E-state index contributed by atoms with van der Waals surface area (Å²) in [5, 5.41) is 9.04. The SMILES string of the molecule is Cc1ccccc1-c1nnc(-c2c(C)cc(-c3ccccc3)cc2C)n1C. The second kappa shape index (κ2) is 6.84. The van der Waals surface area contributed by atoms with Crippen LogP contribution in [-0.4, -0.2) is 14.8 Å². The Labute approximate surface area is 160 Å². The van der Waals surface area contributed by atoms with Gasteiger partial charge in [0.25, 0.3) is 0 Å². The topological polar surface area (TPSA) is 30.7 Å². The van der Waals surface area contributed by atoms with Crippen LogP contribution in [0.4, 0.5) is 0 Å². The van der Waals surface area contributed by atoms with Crippen LogP contribution in [0.25, 0.3) is 33.9 Å². The summed E-state index contributed by atoms with van der Waals surface area (Å²) in [5.74, 6) is 1.80. The zero-order valence-electron chi connectivity index (χ0n) is 16.2. The van der Waals surface area contributed by atoms with Gasteiger partial charge in [-0.2, -0.15) is 0 Å². The molecule has 4 rings (SSSR count). The van der Waals surface area contributed by atoms with Gasteiger partial charge in [0.2, 0.25) is 0 Å². The molecule has 0 fully saturated rings. The summed E-state index contributed by atoms with van der Waals surface area (Å²) < 4.78 is 2.10. The Morgan fingerprint density at radius 3 is 1.89 bits per heavy atom. The van der Waals surface area contributed by atoms with Crippen LogP contribution in [0.3, 0.4) is 0 Å². The first kappa shape index (κ1) is 17.2. The first-order valence-corrected chi connectivity index (χ1v) is 9.18. The molecule has 1 heterocycles. The highest BCUT2D eigenvalue weighted by Crippen LogP contribution is 2.33. The smallest absolute Gasteiger partial charge is 0.164 e. The lowest BCUT2D eigenvalue weighted by molar-refractivity contribution is 0.925. The van der Waals surface area contributed by atoms with E-state index in [1.807, 2.05) is 25.2 Å². The fourth-order valence-electron chi connectivity index (χ4n) is 3.72. The molecule has 0 amide bonds. The lowest BCUT2D eigenvalue weighted by Gasteiger charge is -2.13. The molecule has 0 saturated heterocycles. The standard InChI is InChI=1S/C24H23N3/c1-16-10-8-9-13-21(16)23-25-26-24(27(23)4)22-17(2)14-20(15-18(22)3)19-11-6-5-7-12-19/h5-15H,1-4H3. The third-order valence-electron chi connectivity index (χ3n) is 5.12. The zero-order chi connectivity index (χ0) is 19.0. The van der Waals surface area contributed by atoms with Gasteiger partial charge in [-0.15, -0.1) is 10.2 Å². The number of hydrogen-bond donors (Lipinski definition) is 0. The molecule has 1 aromatic heterocycles. The molecule has 0 N–H and O–H groups in total. The van der Waals surface area contributed by atoms with E-state index in [2.05, 4.69) is 84.1 Å². The molecule has 27 heavy (non-hydrogen) atoms. The molecule has 0 aliphatic rings. The Kier molecular flexibility index (Phi) is 4.36. The average Bonchev–Trinajstić information content (AvgIpc) is 3.03. The zero-order valence-corrected chi connectivity index (χ0v) is 16.2. The van der Waals surface area contributed by atoms with Crippen molar-refractivity contribution in [3.8, 4) is 33.9 Å². The summed E-state index contributed by atoms with van der Waals surface area (Å²) in [6.45, 7) is 6.41. The number of hydrogen-bond acceptors (Lipinski definition) is 2. The van der Waals surface area contributed by atoms with E-state index in [0.29, 0.717) is 0 Å². The van der Waals surface area contributed by atoms with Gasteiger partial charge < -0.3 is 4.57 Å². The summed E-state index contributed by atoms with van der Waals surface area (Å²) in [6, 6.07) is 23.3. The van der Waals surface area contributed by atoms with Gasteiger partial charge in [0.1, 0.15) is 0 Å². The van der Waals surface area contributed by atoms with Crippen LogP contribution >= 0.6 is 0 Å². The van der Waals surface area contributed by atoms with Crippen LogP contribution in [0.5, 0.6) is 0 Å². The Morgan fingerprint density at radius 2 is 1.22 bits per heavy atom. The molecule has 3 aromatic carbocycles. The van der Waals surface area contributed by atoms with Gasteiger partial charge in [-0.1, -0.05) is 66.7 Å². The monoisotopic (exact) mass is 353 g/mol. The summed E-state index contributed by atoms with van der Waals surface area (Å²) >= 11 is 0. The first-order valence-electron chi connectivity index (χ1n) is 9.18. The van der Waals surface area contributed by atoms with E-state index >= 15 is 0 Å². The molecule has 0 aliphatic heterocycles. The van der Waals surface area contributed by atoms with Crippen molar-refractivity contribution >= 4 is 0 Å². The van der Waals surface area contributed by atoms with Gasteiger partial charge >= 0.3 is 0 Å². The first-order chi connectivity index (χ1) is 13.1.